The van der Waals surface area contributed by atoms with Crippen molar-refractivity contribution in [2.75, 3.05) is 6.61 Å². The molecule has 0 saturated carbocycles. The molecule has 1 unspecified atom stereocenters. The lowest BCUT2D eigenvalue weighted by Gasteiger charge is -2.17. The highest BCUT2D eigenvalue weighted by molar-refractivity contribution is 5.33. The predicted molar refractivity (Wildman–Crippen MR) is 71.2 cm³/mol. The normalized spacial score (nSPS) is 12.3. The molecule has 3 N–H and O–H groups in total. The van der Waals surface area contributed by atoms with Gasteiger partial charge in [-0.15, -0.1) is 0 Å². The number of phenolic OH excluding ortho intramolecular Hbond substituents is 1. The zero-order valence-electron chi connectivity index (χ0n) is 10.4. The monoisotopic (exact) mass is 261 g/mol. The molecule has 0 amide bonds. The lowest BCUT2D eigenvalue weighted by atomic mass is 10.1. The van der Waals surface area contributed by atoms with Gasteiger partial charge in [-0.05, 0) is 11.6 Å². The fourth-order valence-corrected chi connectivity index (χ4v) is 1.91. The summed E-state index contributed by atoms with van der Waals surface area (Å²) in [5.74, 6) is -0.987. The third-order valence-corrected chi connectivity index (χ3v) is 2.99. The molecule has 0 aromatic heterocycles. The highest BCUT2D eigenvalue weighted by Gasteiger charge is 2.11. The Kier molecular flexibility index (Phi) is 4.49. The Morgan fingerprint density at radius 1 is 1.05 bits per heavy atom. The molecule has 2 aromatic carbocycles. The molecule has 2 rings (SSSR count). The minimum atomic E-state index is -0.639. The molecule has 2 aromatic rings. The fourth-order valence-electron chi connectivity index (χ4n) is 1.91. The Balaban J connectivity index is 2.06. The van der Waals surface area contributed by atoms with E-state index in [0.29, 0.717) is 5.56 Å². The van der Waals surface area contributed by atoms with Gasteiger partial charge in [0.2, 0.25) is 0 Å². The van der Waals surface area contributed by atoms with Crippen molar-refractivity contribution in [1.82, 2.24) is 5.32 Å². The lowest BCUT2D eigenvalue weighted by Crippen LogP contribution is -2.24. The fraction of sp³-hybridized carbons (Fsp3) is 0.200. The van der Waals surface area contributed by atoms with Crippen LogP contribution in [-0.2, 0) is 6.54 Å². The first-order valence-electron chi connectivity index (χ1n) is 6.08. The van der Waals surface area contributed by atoms with E-state index in [1.54, 1.807) is 12.1 Å². The Bertz CT molecular complexity index is 531. The van der Waals surface area contributed by atoms with Crippen LogP contribution in [0.5, 0.6) is 5.75 Å². The van der Waals surface area contributed by atoms with Crippen LogP contribution in [0.25, 0.3) is 0 Å². The molecule has 0 fully saturated rings. The summed E-state index contributed by atoms with van der Waals surface area (Å²) in [6.45, 7) is 0.212. The minimum absolute atomic E-state index is 0.0694. The molecular formula is C15H16FNO2. The largest absolute Gasteiger partial charge is 0.505 e. The van der Waals surface area contributed by atoms with Crippen molar-refractivity contribution in [2.24, 2.45) is 0 Å². The molecular weight excluding hydrogens is 245 g/mol. The molecule has 0 bridgehead atoms. The molecule has 19 heavy (non-hydrogen) atoms. The summed E-state index contributed by atoms with van der Waals surface area (Å²) < 4.78 is 13.2. The highest BCUT2D eigenvalue weighted by Crippen LogP contribution is 2.21. The number of aliphatic hydroxyl groups is 1. The average Bonchev–Trinajstić information content (AvgIpc) is 2.45. The predicted octanol–water partition coefficient (Wildman–Crippen LogP) is 2.35. The van der Waals surface area contributed by atoms with E-state index in [0.717, 1.165) is 5.56 Å². The number of hydrogen-bond acceptors (Lipinski definition) is 3. The molecule has 1 atom stereocenters. The SMILES string of the molecule is OCC(NCc1cccc(F)c1O)c1ccccc1. The molecule has 0 aliphatic heterocycles. The molecule has 0 saturated heterocycles. The van der Waals surface area contributed by atoms with E-state index < -0.39 is 5.82 Å². The van der Waals surface area contributed by atoms with Crippen molar-refractivity contribution in [2.45, 2.75) is 12.6 Å². The number of nitrogens with one attached hydrogen (secondary N) is 1. The molecule has 0 heterocycles. The molecule has 0 aliphatic carbocycles. The smallest absolute Gasteiger partial charge is 0.165 e. The summed E-state index contributed by atoms with van der Waals surface area (Å²) in [6.07, 6.45) is 0. The van der Waals surface area contributed by atoms with Crippen LogP contribution in [0.4, 0.5) is 4.39 Å². The Hall–Kier alpha value is -1.91. The summed E-state index contributed by atoms with van der Waals surface area (Å²) in [6, 6.07) is 13.6. The van der Waals surface area contributed by atoms with Gasteiger partial charge in [-0.1, -0.05) is 42.5 Å². The topological polar surface area (TPSA) is 52.5 Å². The summed E-state index contributed by atoms with van der Waals surface area (Å²) in [7, 11) is 0. The molecule has 4 heteroatoms. The molecule has 0 spiro atoms. The van der Waals surface area contributed by atoms with Crippen molar-refractivity contribution in [3.05, 3.63) is 65.5 Å². The zero-order valence-corrected chi connectivity index (χ0v) is 10.4. The lowest BCUT2D eigenvalue weighted by molar-refractivity contribution is 0.243. The van der Waals surface area contributed by atoms with Gasteiger partial charge in [-0.2, -0.15) is 0 Å². The summed E-state index contributed by atoms with van der Waals surface area (Å²) in [5.41, 5.74) is 1.41. The van der Waals surface area contributed by atoms with Crippen LogP contribution in [0.1, 0.15) is 17.2 Å². The number of phenols is 1. The summed E-state index contributed by atoms with van der Waals surface area (Å²) in [4.78, 5) is 0. The first kappa shape index (κ1) is 13.5. The van der Waals surface area contributed by atoms with Gasteiger partial charge in [0.15, 0.2) is 11.6 Å². The van der Waals surface area contributed by atoms with Gasteiger partial charge < -0.3 is 15.5 Å². The van der Waals surface area contributed by atoms with Crippen LogP contribution in [0.3, 0.4) is 0 Å². The molecule has 3 nitrogen and oxygen atoms in total. The summed E-state index contributed by atoms with van der Waals surface area (Å²) >= 11 is 0. The van der Waals surface area contributed by atoms with E-state index >= 15 is 0 Å². The van der Waals surface area contributed by atoms with E-state index in [4.69, 9.17) is 0 Å². The van der Waals surface area contributed by atoms with E-state index in [-0.39, 0.29) is 24.9 Å². The summed E-state index contributed by atoms with van der Waals surface area (Å²) in [5, 5.41) is 22.1. The quantitative estimate of drug-likeness (QED) is 0.774. The second kappa shape index (κ2) is 6.31. The van der Waals surface area contributed by atoms with Crippen LogP contribution in [0.2, 0.25) is 0 Å². The second-order valence-electron chi connectivity index (χ2n) is 4.27. The number of aliphatic hydroxyl groups excluding tert-OH is 1. The number of aromatic hydroxyl groups is 1. The van der Waals surface area contributed by atoms with Crippen LogP contribution >= 0.6 is 0 Å². The Morgan fingerprint density at radius 2 is 1.79 bits per heavy atom. The van der Waals surface area contributed by atoms with Crippen molar-refractivity contribution in [3.8, 4) is 5.75 Å². The number of halogens is 1. The van der Waals surface area contributed by atoms with Gasteiger partial charge in [0.05, 0.1) is 12.6 Å². The van der Waals surface area contributed by atoms with E-state index in [9.17, 15) is 14.6 Å². The van der Waals surface area contributed by atoms with E-state index in [2.05, 4.69) is 5.32 Å². The maximum Gasteiger partial charge on any atom is 0.165 e. The molecule has 100 valence electrons. The highest BCUT2D eigenvalue weighted by atomic mass is 19.1. The first-order valence-corrected chi connectivity index (χ1v) is 6.08. The van der Waals surface area contributed by atoms with Crippen LogP contribution in [-0.4, -0.2) is 16.8 Å². The van der Waals surface area contributed by atoms with Gasteiger partial charge in [0.25, 0.3) is 0 Å². The average molecular weight is 261 g/mol. The second-order valence-corrected chi connectivity index (χ2v) is 4.27. The third-order valence-electron chi connectivity index (χ3n) is 2.99. The van der Waals surface area contributed by atoms with Crippen LogP contribution in [0, 0.1) is 5.82 Å². The maximum atomic E-state index is 13.2. The van der Waals surface area contributed by atoms with Gasteiger partial charge in [0, 0.05) is 12.1 Å². The molecule has 0 radical (unpaired) electrons. The number of hydrogen-bond donors (Lipinski definition) is 3. The van der Waals surface area contributed by atoms with E-state index in [1.807, 2.05) is 30.3 Å². The van der Waals surface area contributed by atoms with Gasteiger partial charge in [0.1, 0.15) is 0 Å². The number of para-hydroxylation sites is 1. The third kappa shape index (κ3) is 3.30. The molecule has 0 aliphatic rings. The minimum Gasteiger partial charge on any atom is -0.505 e. The standard InChI is InChI=1S/C15H16FNO2/c16-13-8-4-7-12(15(13)19)9-17-14(10-18)11-5-2-1-3-6-11/h1-8,14,17-19H,9-10H2. The van der Waals surface area contributed by atoms with Crippen molar-refractivity contribution in [3.63, 3.8) is 0 Å². The van der Waals surface area contributed by atoms with Gasteiger partial charge >= 0.3 is 0 Å². The first-order chi connectivity index (χ1) is 9.22. The van der Waals surface area contributed by atoms with Crippen LogP contribution < -0.4 is 5.32 Å². The van der Waals surface area contributed by atoms with Crippen molar-refractivity contribution >= 4 is 0 Å². The van der Waals surface area contributed by atoms with Crippen molar-refractivity contribution in [1.29, 1.82) is 0 Å². The zero-order chi connectivity index (χ0) is 13.7. The van der Waals surface area contributed by atoms with Gasteiger partial charge in [-0.25, -0.2) is 4.39 Å². The van der Waals surface area contributed by atoms with Gasteiger partial charge in [-0.3, -0.25) is 0 Å². The maximum absolute atomic E-state index is 13.2. The number of benzene rings is 2. The van der Waals surface area contributed by atoms with Crippen LogP contribution in [0.15, 0.2) is 48.5 Å². The Labute approximate surface area is 111 Å². The van der Waals surface area contributed by atoms with Crippen molar-refractivity contribution < 1.29 is 14.6 Å². The number of rotatable bonds is 5. The van der Waals surface area contributed by atoms with E-state index in [1.165, 1.54) is 6.07 Å². The Morgan fingerprint density at radius 3 is 2.47 bits per heavy atom.